The number of anilines is 3. The molecule has 0 unspecified atom stereocenters. The molecule has 3 amide bonds. The first-order valence-electron chi connectivity index (χ1n) is 11.4. The van der Waals surface area contributed by atoms with Gasteiger partial charge in [-0.2, -0.15) is 0 Å². The van der Waals surface area contributed by atoms with Gasteiger partial charge in [0.1, 0.15) is 16.5 Å². The van der Waals surface area contributed by atoms with Crippen molar-refractivity contribution >= 4 is 69.6 Å². The monoisotopic (exact) mass is 557 g/mol. The summed E-state index contributed by atoms with van der Waals surface area (Å²) in [5, 5.41) is 5.95. The molecule has 1 aliphatic rings. The number of nitrogens with zero attached hydrogens (tertiary/aromatic N) is 1. The minimum absolute atomic E-state index is 0.0897. The van der Waals surface area contributed by atoms with Crippen LogP contribution < -0.4 is 20.3 Å². The minimum atomic E-state index is -0.691. The van der Waals surface area contributed by atoms with E-state index in [9.17, 15) is 14.4 Å². The highest BCUT2D eigenvalue weighted by Gasteiger charge is 2.39. The van der Waals surface area contributed by atoms with E-state index in [0.29, 0.717) is 34.3 Å². The summed E-state index contributed by atoms with van der Waals surface area (Å²) >= 11 is 18.2. The van der Waals surface area contributed by atoms with Gasteiger partial charge in [0.15, 0.2) is 0 Å². The Morgan fingerprint density at radius 3 is 2.35 bits per heavy atom. The molecule has 0 saturated carbocycles. The van der Waals surface area contributed by atoms with Crippen LogP contribution in [-0.4, -0.2) is 24.3 Å². The lowest BCUT2D eigenvalue weighted by Gasteiger charge is -2.16. The number of halogens is 3. The minimum Gasteiger partial charge on any atom is -0.491 e. The molecule has 0 saturated heterocycles. The number of para-hydroxylation sites is 2. The lowest BCUT2D eigenvalue weighted by molar-refractivity contribution is -0.120. The van der Waals surface area contributed by atoms with Crippen LogP contribution in [0, 0.1) is 0 Å². The standard InChI is InChI=1S/C27H22Cl3N3O4/c1-2-3-14-37-22-7-5-4-6-21(22)32-25(34)16-8-10-17(11-9-16)31-24-23(30)26(35)33(27(24)36)18-12-13-19(28)20(29)15-18/h4-13,15,31H,2-3,14H2,1H3,(H,32,34). The van der Waals surface area contributed by atoms with Crippen LogP contribution in [0.1, 0.15) is 30.1 Å². The lowest BCUT2D eigenvalue weighted by Crippen LogP contribution is -2.32. The van der Waals surface area contributed by atoms with Gasteiger partial charge in [-0.1, -0.05) is 60.3 Å². The number of carbonyl (C=O) groups is 3. The molecule has 3 aromatic rings. The fraction of sp³-hybridized carbons (Fsp3) is 0.148. The highest BCUT2D eigenvalue weighted by molar-refractivity contribution is 6.53. The molecule has 37 heavy (non-hydrogen) atoms. The van der Waals surface area contributed by atoms with E-state index >= 15 is 0 Å². The molecule has 3 aromatic carbocycles. The van der Waals surface area contributed by atoms with Crippen LogP contribution in [0.2, 0.25) is 10.0 Å². The number of carbonyl (C=O) groups excluding carboxylic acids is 3. The molecule has 0 spiro atoms. The van der Waals surface area contributed by atoms with Crippen LogP contribution in [-0.2, 0) is 9.59 Å². The van der Waals surface area contributed by atoms with Gasteiger partial charge in [-0.15, -0.1) is 0 Å². The van der Waals surface area contributed by atoms with Crippen LogP contribution in [0.4, 0.5) is 17.1 Å². The number of hydrogen-bond acceptors (Lipinski definition) is 5. The quantitative estimate of drug-likeness (QED) is 0.221. The maximum absolute atomic E-state index is 13.0. The second-order valence-electron chi connectivity index (χ2n) is 8.09. The molecule has 0 aromatic heterocycles. The van der Waals surface area contributed by atoms with Crippen LogP contribution in [0.5, 0.6) is 5.75 Å². The normalized spacial score (nSPS) is 13.2. The van der Waals surface area contributed by atoms with Gasteiger partial charge in [-0.3, -0.25) is 14.4 Å². The average molecular weight is 559 g/mol. The summed E-state index contributed by atoms with van der Waals surface area (Å²) in [5.41, 5.74) is 1.57. The number of rotatable bonds is 9. The van der Waals surface area contributed by atoms with Crippen LogP contribution in [0.3, 0.4) is 0 Å². The van der Waals surface area contributed by atoms with Gasteiger partial charge < -0.3 is 15.4 Å². The van der Waals surface area contributed by atoms with Gasteiger partial charge in [0.05, 0.1) is 28.0 Å². The molecule has 4 rings (SSSR count). The maximum atomic E-state index is 13.0. The number of amides is 3. The molecule has 190 valence electrons. The molecule has 0 radical (unpaired) electrons. The molecule has 7 nitrogen and oxygen atoms in total. The molecular formula is C27H22Cl3N3O4. The Morgan fingerprint density at radius 2 is 1.65 bits per heavy atom. The van der Waals surface area contributed by atoms with E-state index < -0.39 is 11.8 Å². The molecular weight excluding hydrogens is 537 g/mol. The summed E-state index contributed by atoms with van der Waals surface area (Å²) in [6, 6.07) is 18.0. The van der Waals surface area contributed by atoms with Crippen molar-refractivity contribution in [2.75, 3.05) is 22.1 Å². The van der Waals surface area contributed by atoms with E-state index in [0.717, 1.165) is 17.7 Å². The zero-order valence-electron chi connectivity index (χ0n) is 19.7. The van der Waals surface area contributed by atoms with Crippen molar-refractivity contribution < 1.29 is 19.1 Å². The number of nitrogens with one attached hydrogen (secondary N) is 2. The first-order valence-corrected chi connectivity index (χ1v) is 12.6. The Bertz CT molecular complexity index is 1390. The fourth-order valence-electron chi connectivity index (χ4n) is 3.54. The number of imide groups is 1. The average Bonchev–Trinajstić information content (AvgIpc) is 3.10. The molecule has 0 atom stereocenters. The Morgan fingerprint density at radius 1 is 0.919 bits per heavy atom. The van der Waals surface area contributed by atoms with Crippen molar-refractivity contribution in [2.45, 2.75) is 19.8 Å². The summed E-state index contributed by atoms with van der Waals surface area (Å²) in [6.07, 6.45) is 1.92. The van der Waals surface area contributed by atoms with Crippen molar-refractivity contribution in [2.24, 2.45) is 0 Å². The van der Waals surface area contributed by atoms with E-state index in [1.54, 1.807) is 36.4 Å². The van der Waals surface area contributed by atoms with E-state index in [-0.39, 0.29) is 27.3 Å². The first kappa shape index (κ1) is 26.5. The predicted molar refractivity (Wildman–Crippen MR) is 147 cm³/mol. The fourth-order valence-corrected chi connectivity index (χ4v) is 4.04. The van der Waals surface area contributed by atoms with Crippen molar-refractivity contribution in [3.8, 4) is 5.75 Å². The van der Waals surface area contributed by atoms with Gasteiger partial charge in [0.25, 0.3) is 17.7 Å². The van der Waals surface area contributed by atoms with E-state index in [2.05, 4.69) is 17.6 Å². The second kappa shape index (κ2) is 11.7. The Balaban J connectivity index is 1.45. The Kier molecular flexibility index (Phi) is 8.38. The molecule has 0 fully saturated rings. The number of ether oxygens (including phenoxy) is 1. The summed E-state index contributed by atoms with van der Waals surface area (Å²) in [5.74, 6) is -1.06. The molecule has 10 heteroatoms. The number of hydrogen-bond donors (Lipinski definition) is 2. The van der Waals surface area contributed by atoms with Gasteiger partial charge in [0, 0.05) is 11.3 Å². The van der Waals surface area contributed by atoms with Crippen molar-refractivity contribution in [3.63, 3.8) is 0 Å². The van der Waals surface area contributed by atoms with Crippen LogP contribution >= 0.6 is 34.8 Å². The number of benzene rings is 3. The van der Waals surface area contributed by atoms with Crippen molar-refractivity contribution in [1.82, 2.24) is 0 Å². The molecule has 1 heterocycles. The highest BCUT2D eigenvalue weighted by Crippen LogP contribution is 2.33. The van der Waals surface area contributed by atoms with Crippen molar-refractivity contribution in [3.05, 3.63) is 93.1 Å². The SMILES string of the molecule is CCCCOc1ccccc1NC(=O)c1ccc(NC2=C(Cl)C(=O)N(c3ccc(Cl)c(Cl)c3)C2=O)cc1. The predicted octanol–water partition coefficient (Wildman–Crippen LogP) is 6.86. The van der Waals surface area contributed by atoms with Gasteiger partial charge >= 0.3 is 0 Å². The first-order chi connectivity index (χ1) is 17.8. The van der Waals surface area contributed by atoms with Gasteiger partial charge in [-0.05, 0) is 61.0 Å². The molecule has 0 bridgehead atoms. The Hall–Kier alpha value is -3.52. The summed E-state index contributed by atoms with van der Waals surface area (Å²) in [4.78, 5) is 39.4. The van der Waals surface area contributed by atoms with Crippen molar-refractivity contribution in [1.29, 1.82) is 0 Å². The van der Waals surface area contributed by atoms with E-state index in [4.69, 9.17) is 39.5 Å². The summed E-state index contributed by atoms with van der Waals surface area (Å²) < 4.78 is 5.77. The van der Waals surface area contributed by atoms with Crippen LogP contribution in [0.15, 0.2) is 77.5 Å². The Labute approximate surface area is 229 Å². The zero-order chi connectivity index (χ0) is 26.5. The third kappa shape index (κ3) is 5.91. The topological polar surface area (TPSA) is 87.7 Å². The summed E-state index contributed by atoms with van der Waals surface area (Å²) in [7, 11) is 0. The molecule has 2 N–H and O–H groups in total. The number of unbranched alkanes of at least 4 members (excludes halogenated alkanes) is 1. The highest BCUT2D eigenvalue weighted by atomic mass is 35.5. The van der Waals surface area contributed by atoms with E-state index in [1.165, 1.54) is 18.2 Å². The van der Waals surface area contributed by atoms with E-state index in [1.807, 2.05) is 12.1 Å². The van der Waals surface area contributed by atoms with Crippen LogP contribution in [0.25, 0.3) is 0 Å². The molecule has 0 aliphatic carbocycles. The smallest absolute Gasteiger partial charge is 0.283 e. The third-order valence-corrected chi connectivity index (χ3v) is 6.59. The summed E-state index contributed by atoms with van der Waals surface area (Å²) in [6.45, 7) is 2.64. The van der Waals surface area contributed by atoms with Gasteiger partial charge in [0.2, 0.25) is 0 Å². The molecule has 1 aliphatic heterocycles. The zero-order valence-corrected chi connectivity index (χ0v) is 22.0. The third-order valence-electron chi connectivity index (χ3n) is 5.50. The second-order valence-corrected chi connectivity index (χ2v) is 9.28. The lowest BCUT2D eigenvalue weighted by atomic mass is 10.1. The van der Waals surface area contributed by atoms with Gasteiger partial charge in [-0.25, -0.2) is 4.90 Å². The largest absolute Gasteiger partial charge is 0.491 e. The maximum Gasteiger partial charge on any atom is 0.283 e.